The van der Waals surface area contributed by atoms with Crippen LogP contribution in [0, 0.1) is 12.7 Å². The molecule has 0 saturated heterocycles. The minimum atomic E-state index is -4.88. The Balaban J connectivity index is 1.97. The summed E-state index contributed by atoms with van der Waals surface area (Å²) < 4.78 is 93.2. The van der Waals surface area contributed by atoms with Crippen molar-refractivity contribution >= 4 is 11.5 Å². The Kier molecular flexibility index (Phi) is 5.69. The molecule has 0 saturated carbocycles. The highest BCUT2D eigenvalue weighted by atomic mass is 19.4. The lowest BCUT2D eigenvalue weighted by Gasteiger charge is -2.26. The molecule has 0 bridgehead atoms. The average molecular weight is 429 g/mol. The molecule has 2 aromatic carbocycles. The lowest BCUT2D eigenvalue weighted by atomic mass is 10.1. The van der Waals surface area contributed by atoms with Crippen LogP contribution in [0.5, 0.6) is 0 Å². The molecule has 0 aliphatic heterocycles. The quantitative estimate of drug-likeness (QED) is 0.366. The molecule has 0 aliphatic rings. The fraction of sp³-hybridized carbons (Fsp3) is 0.200. The van der Waals surface area contributed by atoms with Gasteiger partial charge in [-0.15, -0.1) is 13.2 Å². The van der Waals surface area contributed by atoms with Crippen molar-refractivity contribution < 1.29 is 30.7 Å². The number of aromatic nitrogens is 2. The van der Waals surface area contributed by atoms with Crippen LogP contribution in [-0.2, 0) is 12.6 Å². The molecule has 3 aromatic rings. The Morgan fingerprint density at radius 2 is 1.63 bits per heavy atom. The topological polar surface area (TPSA) is 29.0 Å². The van der Waals surface area contributed by atoms with E-state index in [2.05, 4.69) is 9.97 Å². The minimum absolute atomic E-state index is 0.0139. The Bertz CT molecular complexity index is 1050. The van der Waals surface area contributed by atoms with Crippen LogP contribution in [0.1, 0.15) is 22.4 Å². The smallest absolute Gasteiger partial charge is 0.241 e. The maximum absolute atomic E-state index is 13.7. The van der Waals surface area contributed by atoms with Crippen LogP contribution in [-0.4, -0.2) is 16.3 Å². The van der Waals surface area contributed by atoms with Crippen molar-refractivity contribution in [3.63, 3.8) is 0 Å². The molecule has 10 heteroatoms. The van der Waals surface area contributed by atoms with Crippen LogP contribution >= 0.6 is 0 Å². The number of hydrogen-bond acceptors (Lipinski definition) is 3. The van der Waals surface area contributed by atoms with Gasteiger partial charge in [-0.1, -0.05) is 18.2 Å². The molecule has 0 N–H and O–H groups in total. The highest BCUT2D eigenvalue weighted by Gasteiger charge is 2.40. The van der Waals surface area contributed by atoms with Gasteiger partial charge >= 0.3 is 12.5 Å². The van der Waals surface area contributed by atoms with Crippen molar-refractivity contribution in [3.8, 4) is 0 Å². The normalized spacial score (nSPS) is 12.1. The second-order valence-corrected chi connectivity index (χ2v) is 6.48. The predicted octanol–water partition coefficient (Wildman–Crippen LogP) is 6.19. The first-order chi connectivity index (χ1) is 13.9. The molecule has 0 spiro atoms. The van der Waals surface area contributed by atoms with E-state index in [0.29, 0.717) is 0 Å². The molecule has 158 valence electrons. The highest BCUT2D eigenvalue weighted by molar-refractivity contribution is 5.62. The van der Waals surface area contributed by atoms with Gasteiger partial charge in [-0.05, 0) is 42.3 Å². The first-order valence-electron chi connectivity index (χ1n) is 8.55. The molecule has 0 radical (unpaired) electrons. The van der Waals surface area contributed by atoms with E-state index in [1.54, 1.807) is 0 Å². The zero-order valence-corrected chi connectivity index (χ0v) is 15.4. The average Bonchev–Trinajstić information content (AvgIpc) is 2.64. The first-order valence-corrected chi connectivity index (χ1v) is 8.55. The number of aryl methyl sites for hydroxylation is 1. The molecule has 0 fully saturated rings. The third-order valence-corrected chi connectivity index (χ3v) is 4.23. The zero-order valence-electron chi connectivity index (χ0n) is 15.4. The number of alkyl halides is 6. The molecule has 3 nitrogen and oxygen atoms in total. The molecule has 1 heterocycles. The maximum atomic E-state index is 13.7. The fourth-order valence-electron chi connectivity index (χ4n) is 2.85. The summed E-state index contributed by atoms with van der Waals surface area (Å²) in [4.78, 5) is 7.48. The molecule has 0 aliphatic carbocycles. The van der Waals surface area contributed by atoms with E-state index in [1.165, 1.54) is 19.1 Å². The number of halogens is 7. The van der Waals surface area contributed by atoms with Gasteiger partial charge in [-0.2, -0.15) is 13.2 Å². The standard InChI is InChI=1S/C20H14F7N3/c1-12-7-16(5-6-17(12)21)30(20(25,26)27)18-10-15(28-11-29-18)9-13-3-2-4-14(8-13)19(22,23)24/h2-8,10-11H,9H2,1H3. The van der Waals surface area contributed by atoms with E-state index in [1.807, 2.05) is 0 Å². The molecule has 0 amide bonds. The van der Waals surface area contributed by atoms with Gasteiger partial charge in [0.05, 0.1) is 16.9 Å². The van der Waals surface area contributed by atoms with E-state index in [-0.39, 0.29) is 33.8 Å². The fourth-order valence-corrected chi connectivity index (χ4v) is 2.85. The molecule has 0 atom stereocenters. The van der Waals surface area contributed by atoms with Gasteiger partial charge in [-0.3, -0.25) is 0 Å². The summed E-state index contributed by atoms with van der Waals surface area (Å²) >= 11 is 0. The Morgan fingerprint density at radius 1 is 0.900 bits per heavy atom. The molecular formula is C20H14F7N3. The van der Waals surface area contributed by atoms with Gasteiger partial charge in [0.2, 0.25) is 0 Å². The van der Waals surface area contributed by atoms with Crippen LogP contribution in [0.3, 0.4) is 0 Å². The van der Waals surface area contributed by atoms with Gasteiger partial charge in [-0.25, -0.2) is 19.3 Å². The van der Waals surface area contributed by atoms with E-state index in [9.17, 15) is 30.7 Å². The van der Waals surface area contributed by atoms with Gasteiger partial charge < -0.3 is 0 Å². The summed E-state index contributed by atoms with van der Waals surface area (Å²) in [5.41, 5.74) is -0.892. The highest BCUT2D eigenvalue weighted by Crippen LogP contribution is 2.36. The SMILES string of the molecule is Cc1cc(N(c2cc(Cc3cccc(C(F)(F)F)c3)ncn2)C(F)(F)F)ccc1F. The third kappa shape index (κ3) is 4.87. The number of anilines is 2. The maximum Gasteiger partial charge on any atom is 0.490 e. The first kappa shape index (κ1) is 21.5. The molecular weight excluding hydrogens is 415 g/mol. The summed E-state index contributed by atoms with van der Waals surface area (Å²) in [5.74, 6) is -1.20. The predicted molar refractivity (Wildman–Crippen MR) is 95.6 cm³/mol. The Morgan fingerprint density at radius 3 is 2.27 bits per heavy atom. The third-order valence-electron chi connectivity index (χ3n) is 4.23. The monoisotopic (exact) mass is 429 g/mol. The number of hydrogen-bond donors (Lipinski definition) is 0. The van der Waals surface area contributed by atoms with Gasteiger partial charge in [0.1, 0.15) is 18.0 Å². The largest absolute Gasteiger partial charge is 0.490 e. The van der Waals surface area contributed by atoms with Crippen molar-refractivity contribution in [3.05, 3.63) is 83.1 Å². The summed E-state index contributed by atoms with van der Waals surface area (Å²) in [6.07, 6.45) is -8.66. The summed E-state index contributed by atoms with van der Waals surface area (Å²) in [7, 11) is 0. The Labute approximate surface area is 166 Å². The Hall–Kier alpha value is -3.17. The number of rotatable bonds is 4. The van der Waals surface area contributed by atoms with Crippen LogP contribution in [0.15, 0.2) is 54.9 Å². The van der Waals surface area contributed by atoms with Gasteiger partial charge in [0.25, 0.3) is 0 Å². The van der Waals surface area contributed by atoms with E-state index < -0.39 is 29.7 Å². The van der Waals surface area contributed by atoms with Gasteiger partial charge in [0, 0.05) is 12.5 Å². The molecule has 3 rings (SSSR count). The lowest BCUT2D eigenvalue weighted by Crippen LogP contribution is -2.34. The van der Waals surface area contributed by atoms with Crippen LogP contribution < -0.4 is 4.90 Å². The zero-order chi connectivity index (χ0) is 22.1. The van der Waals surface area contributed by atoms with Crippen molar-refractivity contribution in [1.82, 2.24) is 9.97 Å². The van der Waals surface area contributed by atoms with Crippen molar-refractivity contribution in [2.45, 2.75) is 25.8 Å². The van der Waals surface area contributed by atoms with E-state index >= 15 is 0 Å². The summed E-state index contributed by atoms with van der Waals surface area (Å²) in [6.45, 7) is 1.33. The van der Waals surface area contributed by atoms with Crippen molar-refractivity contribution in [2.75, 3.05) is 4.90 Å². The van der Waals surface area contributed by atoms with Crippen LogP contribution in [0.25, 0.3) is 0 Å². The second kappa shape index (κ2) is 7.92. The summed E-state index contributed by atoms with van der Waals surface area (Å²) in [5, 5.41) is 0. The van der Waals surface area contributed by atoms with Crippen LogP contribution in [0.2, 0.25) is 0 Å². The van der Waals surface area contributed by atoms with E-state index in [4.69, 9.17) is 0 Å². The number of nitrogens with zero attached hydrogens (tertiary/aromatic N) is 3. The lowest BCUT2D eigenvalue weighted by molar-refractivity contribution is -0.137. The molecule has 1 aromatic heterocycles. The number of benzene rings is 2. The molecule has 30 heavy (non-hydrogen) atoms. The van der Waals surface area contributed by atoms with Crippen molar-refractivity contribution in [1.29, 1.82) is 0 Å². The van der Waals surface area contributed by atoms with E-state index in [0.717, 1.165) is 42.7 Å². The minimum Gasteiger partial charge on any atom is -0.241 e. The second-order valence-electron chi connectivity index (χ2n) is 6.48. The van der Waals surface area contributed by atoms with Crippen LogP contribution in [0.4, 0.5) is 42.2 Å². The summed E-state index contributed by atoms with van der Waals surface area (Å²) in [6, 6.07) is 8.37. The van der Waals surface area contributed by atoms with Gasteiger partial charge in [0.15, 0.2) is 0 Å². The molecule has 0 unspecified atom stereocenters. The van der Waals surface area contributed by atoms with Crippen molar-refractivity contribution in [2.24, 2.45) is 0 Å².